The fourth-order valence-corrected chi connectivity index (χ4v) is 4.64. The lowest BCUT2D eigenvalue weighted by atomic mass is 9.90. The molecule has 2 aromatic rings. The monoisotopic (exact) mass is 407 g/mol. The third-order valence-corrected chi connectivity index (χ3v) is 6.28. The number of aryl methyl sites for hydroxylation is 1. The molecule has 5 heteroatoms. The van der Waals surface area contributed by atoms with Crippen molar-refractivity contribution < 1.29 is 19.1 Å². The van der Waals surface area contributed by atoms with E-state index in [9.17, 15) is 19.1 Å². The molecule has 2 aliphatic rings. The Labute approximate surface area is 176 Å². The van der Waals surface area contributed by atoms with Crippen LogP contribution in [0.2, 0.25) is 0 Å². The first-order chi connectivity index (χ1) is 14.5. The second kappa shape index (κ2) is 8.42. The number of carbonyl (C=O) groups excluding carboxylic acids is 2. The topological polar surface area (TPSA) is 57.6 Å². The largest absolute Gasteiger partial charge is 0.507 e. The van der Waals surface area contributed by atoms with Gasteiger partial charge in [-0.1, -0.05) is 68.7 Å². The van der Waals surface area contributed by atoms with Gasteiger partial charge >= 0.3 is 0 Å². The van der Waals surface area contributed by atoms with Crippen LogP contribution in [0.15, 0.2) is 54.1 Å². The summed E-state index contributed by atoms with van der Waals surface area (Å²) in [5.41, 5.74) is 1.77. The molecule has 0 bridgehead atoms. The molecule has 1 atom stereocenters. The van der Waals surface area contributed by atoms with Crippen LogP contribution in [0.1, 0.15) is 61.8 Å². The first-order valence-electron chi connectivity index (χ1n) is 10.7. The van der Waals surface area contributed by atoms with Crippen LogP contribution in [0.4, 0.5) is 4.39 Å². The highest BCUT2D eigenvalue weighted by molar-refractivity contribution is 6.46. The first-order valence-corrected chi connectivity index (χ1v) is 10.7. The SMILES string of the molecule is CCc1ccc(/C(O)=C2/C(=O)C(=O)N(C3CCCCC3)C2c2ccccc2F)cc1. The van der Waals surface area contributed by atoms with Gasteiger partial charge < -0.3 is 10.0 Å². The second-order valence-corrected chi connectivity index (χ2v) is 8.07. The molecule has 2 fully saturated rings. The zero-order valence-electron chi connectivity index (χ0n) is 17.1. The van der Waals surface area contributed by atoms with Gasteiger partial charge in [-0.15, -0.1) is 0 Å². The standard InChI is InChI=1S/C25H26FNO3/c1-2-16-12-14-17(15-13-16)23(28)21-22(19-10-6-7-11-20(19)26)27(25(30)24(21)29)18-8-4-3-5-9-18/h6-7,10-15,18,22,28H,2-5,8-9H2,1H3/b23-21-. The van der Waals surface area contributed by atoms with Crippen molar-refractivity contribution in [3.05, 3.63) is 76.6 Å². The fourth-order valence-electron chi connectivity index (χ4n) is 4.64. The van der Waals surface area contributed by atoms with E-state index in [4.69, 9.17) is 0 Å². The Morgan fingerprint density at radius 2 is 1.70 bits per heavy atom. The average molecular weight is 407 g/mol. The van der Waals surface area contributed by atoms with E-state index in [1.807, 2.05) is 19.1 Å². The summed E-state index contributed by atoms with van der Waals surface area (Å²) in [5.74, 6) is -2.13. The Morgan fingerprint density at radius 1 is 1.03 bits per heavy atom. The molecule has 1 aliphatic heterocycles. The van der Waals surface area contributed by atoms with Gasteiger partial charge in [0, 0.05) is 17.2 Å². The van der Waals surface area contributed by atoms with Gasteiger partial charge in [0.2, 0.25) is 0 Å². The maximum atomic E-state index is 14.8. The molecule has 1 unspecified atom stereocenters. The summed E-state index contributed by atoms with van der Waals surface area (Å²) in [5, 5.41) is 11.1. The minimum absolute atomic E-state index is 0.0279. The van der Waals surface area contributed by atoms with Crippen molar-refractivity contribution >= 4 is 17.4 Å². The van der Waals surface area contributed by atoms with Gasteiger partial charge in [-0.2, -0.15) is 0 Å². The Hall–Kier alpha value is -2.95. The summed E-state index contributed by atoms with van der Waals surface area (Å²) in [6.45, 7) is 2.03. The second-order valence-electron chi connectivity index (χ2n) is 8.07. The first kappa shape index (κ1) is 20.3. The van der Waals surface area contributed by atoms with E-state index in [-0.39, 0.29) is 22.9 Å². The number of benzene rings is 2. The molecule has 1 heterocycles. The van der Waals surface area contributed by atoms with E-state index in [1.165, 1.54) is 11.0 Å². The van der Waals surface area contributed by atoms with Crippen molar-refractivity contribution in [3.8, 4) is 0 Å². The van der Waals surface area contributed by atoms with Crippen LogP contribution in [0.25, 0.3) is 5.76 Å². The molecule has 2 aromatic carbocycles. The molecule has 0 spiro atoms. The molecule has 4 nitrogen and oxygen atoms in total. The van der Waals surface area contributed by atoms with Gasteiger partial charge in [-0.3, -0.25) is 9.59 Å². The summed E-state index contributed by atoms with van der Waals surface area (Å²) in [7, 11) is 0. The Bertz CT molecular complexity index is 990. The number of ketones is 1. The van der Waals surface area contributed by atoms with E-state index in [2.05, 4.69) is 0 Å². The number of aliphatic hydroxyl groups is 1. The van der Waals surface area contributed by atoms with Crippen LogP contribution in [0, 0.1) is 5.82 Å². The van der Waals surface area contributed by atoms with Crippen molar-refractivity contribution in [1.29, 1.82) is 0 Å². The fraction of sp³-hybridized carbons (Fsp3) is 0.360. The molecule has 0 radical (unpaired) electrons. The van der Waals surface area contributed by atoms with Crippen molar-refractivity contribution in [2.24, 2.45) is 0 Å². The Balaban J connectivity index is 1.87. The molecule has 1 amide bonds. The normalized spacial score (nSPS) is 21.9. The predicted molar refractivity (Wildman–Crippen MR) is 113 cm³/mol. The number of carbonyl (C=O) groups is 2. The summed E-state index contributed by atoms with van der Waals surface area (Å²) in [4.78, 5) is 27.6. The Kier molecular flexibility index (Phi) is 5.71. The van der Waals surface area contributed by atoms with E-state index in [1.54, 1.807) is 30.3 Å². The van der Waals surface area contributed by atoms with Crippen LogP contribution in [0.5, 0.6) is 0 Å². The number of Topliss-reactive ketones (excluding diaryl/α,β-unsaturated/α-hetero) is 1. The molecule has 1 saturated carbocycles. The van der Waals surface area contributed by atoms with Gasteiger partial charge in [0.1, 0.15) is 11.6 Å². The molecule has 1 saturated heterocycles. The zero-order valence-corrected chi connectivity index (χ0v) is 17.1. The van der Waals surface area contributed by atoms with Crippen molar-refractivity contribution in [1.82, 2.24) is 4.90 Å². The number of amides is 1. The molecule has 1 N–H and O–H groups in total. The molecular weight excluding hydrogens is 381 g/mol. The number of nitrogens with zero attached hydrogens (tertiary/aromatic N) is 1. The lowest BCUT2D eigenvalue weighted by Crippen LogP contribution is -2.40. The Morgan fingerprint density at radius 3 is 2.33 bits per heavy atom. The molecular formula is C25H26FNO3. The average Bonchev–Trinajstić information content (AvgIpc) is 3.04. The summed E-state index contributed by atoms with van der Waals surface area (Å²) < 4.78 is 14.8. The van der Waals surface area contributed by atoms with E-state index >= 15 is 0 Å². The highest BCUT2D eigenvalue weighted by Crippen LogP contribution is 2.43. The summed E-state index contributed by atoms with van der Waals surface area (Å²) >= 11 is 0. The van der Waals surface area contributed by atoms with Gasteiger partial charge in [0.15, 0.2) is 0 Å². The van der Waals surface area contributed by atoms with Crippen LogP contribution in [0.3, 0.4) is 0 Å². The minimum Gasteiger partial charge on any atom is -0.507 e. The molecule has 4 rings (SSSR count). The highest BCUT2D eigenvalue weighted by Gasteiger charge is 2.49. The molecule has 30 heavy (non-hydrogen) atoms. The minimum atomic E-state index is -0.917. The van der Waals surface area contributed by atoms with E-state index in [0.717, 1.165) is 44.1 Å². The number of rotatable bonds is 4. The van der Waals surface area contributed by atoms with Crippen LogP contribution < -0.4 is 0 Å². The van der Waals surface area contributed by atoms with E-state index < -0.39 is 23.5 Å². The van der Waals surface area contributed by atoms with Gasteiger partial charge in [0.05, 0.1) is 11.6 Å². The molecule has 1 aliphatic carbocycles. The van der Waals surface area contributed by atoms with Crippen LogP contribution in [-0.4, -0.2) is 27.7 Å². The van der Waals surface area contributed by atoms with Crippen molar-refractivity contribution in [2.75, 3.05) is 0 Å². The summed E-state index contributed by atoms with van der Waals surface area (Å²) in [6, 6.07) is 12.4. The number of hydrogen-bond donors (Lipinski definition) is 1. The number of halogens is 1. The van der Waals surface area contributed by atoms with Gasteiger partial charge in [0.25, 0.3) is 11.7 Å². The van der Waals surface area contributed by atoms with Crippen molar-refractivity contribution in [3.63, 3.8) is 0 Å². The van der Waals surface area contributed by atoms with E-state index in [0.29, 0.717) is 5.56 Å². The number of aliphatic hydroxyl groups excluding tert-OH is 1. The maximum absolute atomic E-state index is 14.8. The quantitative estimate of drug-likeness (QED) is 0.434. The van der Waals surface area contributed by atoms with Crippen molar-refractivity contribution in [2.45, 2.75) is 57.5 Å². The van der Waals surface area contributed by atoms with Crippen LogP contribution in [-0.2, 0) is 16.0 Å². The molecule has 0 aromatic heterocycles. The predicted octanol–water partition coefficient (Wildman–Crippen LogP) is 5.14. The van der Waals surface area contributed by atoms with Crippen LogP contribution >= 0.6 is 0 Å². The maximum Gasteiger partial charge on any atom is 0.295 e. The highest BCUT2D eigenvalue weighted by atomic mass is 19.1. The van der Waals surface area contributed by atoms with Gasteiger partial charge in [-0.25, -0.2) is 4.39 Å². The van der Waals surface area contributed by atoms with Gasteiger partial charge in [-0.05, 0) is 30.9 Å². The third kappa shape index (κ3) is 3.53. The lowest BCUT2D eigenvalue weighted by molar-refractivity contribution is -0.141. The zero-order chi connectivity index (χ0) is 21.3. The smallest absolute Gasteiger partial charge is 0.295 e. The lowest BCUT2D eigenvalue weighted by Gasteiger charge is -2.35. The number of likely N-dealkylation sites (tertiary alicyclic amines) is 1. The third-order valence-electron chi connectivity index (χ3n) is 6.28. The number of hydrogen-bond acceptors (Lipinski definition) is 3. The summed E-state index contributed by atoms with van der Waals surface area (Å²) in [6.07, 6.45) is 5.44. The molecule has 156 valence electrons.